The van der Waals surface area contributed by atoms with Crippen LogP contribution < -0.4 is 10.6 Å². The number of alkyl halides is 3. The van der Waals surface area contributed by atoms with Gasteiger partial charge >= 0.3 is 6.18 Å². The SMILES string of the molecule is O=C1CC(C(F)(F)F)=C2CC3NCCC=C3C=C2N1. The zero-order valence-electron chi connectivity index (χ0n) is 10.1. The van der Waals surface area contributed by atoms with Gasteiger partial charge in [0.1, 0.15) is 0 Å². The molecule has 1 atom stereocenters. The molecule has 1 amide bonds. The number of carbonyl (C=O) groups excluding carboxylic acids is 1. The molecule has 0 bridgehead atoms. The van der Waals surface area contributed by atoms with Crippen LogP contribution in [0, 0.1) is 0 Å². The van der Waals surface area contributed by atoms with E-state index in [1.165, 1.54) is 0 Å². The molecule has 3 rings (SSSR count). The van der Waals surface area contributed by atoms with Crippen molar-refractivity contribution in [2.45, 2.75) is 31.5 Å². The summed E-state index contributed by atoms with van der Waals surface area (Å²) in [5.74, 6) is -0.592. The van der Waals surface area contributed by atoms with E-state index in [0.29, 0.717) is 5.70 Å². The first-order valence-corrected chi connectivity index (χ1v) is 6.20. The number of hydrogen-bond donors (Lipinski definition) is 2. The molecule has 0 spiro atoms. The molecule has 102 valence electrons. The Morgan fingerprint density at radius 1 is 1.32 bits per heavy atom. The minimum atomic E-state index is -4.44. The fraction of sp³-hybridized carbons (Fsp3) is 0.462. The molecular weight excluding hydrogens is 257 g/mol. The maximum atomic E-state index is 13.0. The van der Waals surface area contributed by atoms with Gasteiger partial charge in [0.05, 0.1) is 6.42 Å². The molecule has 3 aliphatic rings. The largest absolute Gasteiger partial charge is 0.413 e. The van der Waals surface area contributed by atoms with Gasteiger partial charge in [-0.3, -0.25) is 4.79 Å². The average Bonchev–Trinajstić information content (AvgIpc) is 2.34. The van der Waals surface area contributed by atoms with Gasteiger partial charge in [-0.25, -0.2) is 0 Å². The summed E-state index contributed by atoms with van der Waals surface area (Å²) in [5, 5.41) is 5.76. The number of amides is 1. The average molecular weight is 270 g/mol. The molecule has 0 aromatic heterocycles. The van der Waals surface area contributed by atoms with E-state index in [4.69, 9.17) is 0 Å². The van der Waals surface area contributed by atoms with E-state index in [0.717, 1.165) is 18.5 Å². The first kappa shape index (κ1) is 12.5. The van der Waals surface area contributed by atoms with Crippen molar-refractivity contribution < 1.29 is 18.0 Å². The highest BCUT2D eigenvalue weighted by Crippen LogP contribution is 2.40. The number of rotatable bonds is 0. The lowest BCUT2D eigenvalue weighted by Crippen LogP contribution is -2.42. The van der Waals surface area contributed by atoms with Crippen LogP contribution in [0.25, 0.3) is 0 Å². The van der Waals surface area contributed by atoms with Crippen LogP contribution in [-0.2, 0) is 4.79 Å². The van der Waals surface area contributed by atoms with Gasteiger partial charge in [-0.05, 0) is 36.6 Å². The normalized spacial score (nSPS) is 27.1. The topological polar surface area (TPSA) is 41.1 Å². The molecule has 0 radical (unpaired) electrons. The molecule has 3 nitrogen and oxygen atoms in total. The van der Waals surface area contributed by atoms with Crippen LogP contribution in [0.5, 0.6) is 0 Å². The van der Waals surface area contributed by atoms with Gasteiger partial charge in [0.15, 0.2) is 0 Å². The molecular formula is C13H13F3N2O. The van der Waals surface area contributed by atoms with Crippen molar-refractivity contribution in [2.24, 2.45) is 0 Å². The number of fused-ring (bicyclic) bond motifs is 2. The number of allylic oxidation sites excluding steroid dienone is 1. The summed E-state index contributed by atoms with van der Waals surface area (Å²) in [6, 6.07) is -0.0696. The van der Waals surface area contributed by atoms with E-state index in [9.17, 15) is 18.0 Å². The fourth-order valence-corrected chi connectivity index (χ4v) is 2.80. The molecule has 2 N–H and O–H groups in total. The van der Waals surface area contributed by atoms with Gasteiger partial charge in [0.2, 0.25) is 5.91 Å². The third-order valence-electron chi connectivity index (χ3n) is 3.68. The number of carbonyl (C=O) groups is 1. The van der Waals surface area contributed by atoms with Crippen LogP contribution in [0.3, 0.4) is 0 Å². The van der Waals surface area contributed by atoms with E-state index in [1.54, 1.807) is 6.08 Å². The molecule has 0 aromatic rings. The summed E-state index contributed by atoms with van der Waals surface area (Å²) in [7, 11) is 0. The summed E-state index contributed by atoms with van der Waals surface area (Å²) in [6.45, 7) is 0.776. The molecule has 0 saturated heterocycles. The predicted molar refractivity (Wildman–Crippen MR) is 63.0 cm³/mol. The van der Waals surface area contributed by atoms with E-state index >= 15 is 0 Å². The van der Waals surface area contributed by atoms with Crippen LogP contribution >= 0.6 is 0 Å². The highest BCUT2D eigenvalue weighted by molar-refractivity contribution is 5.85. The summed E-state index contributed by atoms with van der Waals surface area (Å²) >= 11 is 0. The molecule has 2 heterocycles. The summed E-state index contributed by atoms with van der Waals surface area (Å²) < 4.78 is 39.0. The summed E-state index contributed by atoms with van der Waals surface area (Å²) in [5.41, 5.74) is 0.807. The lowest BCUT2D eigenvalue weighted by molar-refractivity contribution is -0.125. The smallest absolute Gasteiger partial charge is 0.326 e. The highest BCUT2D eigenvalue weighted by Gasteiger charge is 2.42. The molecule has 19 heavy (non-hydrogen) atoms. The molecule has 0 saturated carbocycles. The molecule has 0 aromatic carbocycles. The van der Waals surface area contributed by atoms with E-state index in [-0.39, 0.29) is 18.0 Å². The van der Waals surface area contributed by atoms with Crippen molar-refractivity contribution in [1.82, 2.24) is 10.6 Å². The van der Waals surface area contributed by atoms with E-state index in [2.05, 4.69) is 10.6 Å². The standard InChI is InChI=1S/C13H13F3N2O/c14-13(15,16)9-6-12(19)18-11-4-7-2-1-3-17-10(7)5-8(9)11/h2,4,10,17H,1,3,5-6H2,(H,18,19). The predicted octanol–water partition coefficient (Wildman–Crippen LogP) is 1.94. The van der Waals surface area contributed by atoms with E-state index < -0.39 is 24.1 Å². The molecule has 1 unspecified atom stereocenters. The Kier molecular flexibility index (Phi) is 2.78. The van der Waals surface area contributed by atoms with Crippen molar-refractivity contribution >= 4 is 5.91 Å². The Bertz CT molecular complexity index is 528. The minimum absolute atomic E-state index is 0.0696. The van der Waals surface area contributed by atoms with Crippen molar-refractivity contribution in [3.05, 3.63) is 34.6 Å². The molecule has 0 fully saturated rings. The van der Waals surface area contributed by atoms with Crippen molar-refractivity contribution in [1.29, 1.82) is 0 Å². The van der Waals surface area contributed by atoms with Crippen LogP contribution in [0.4, 0.5) is 13.2 Å². The summed E-state index contributed by atoms with van der Waals surface area (Å²) in [6.07, 6.45) is -0.205. The minimum Gasteiger partial charge on any atom is -0.326 e. The second kappa shape index (κ2) is 4.23. The van der Waals surface area contributed by atoms with Gasteiger partial charge < -0.3 is 10.6 Å². The summed E-state index contributed by atoms with van der Waals surface area (Å²) in [4.78, 5) is 11.4. The Morgan fingerprint density at radius 2 is 2.11 bits per heavy atom. The zero-order chi connectivity index (χ0) is 13.6. The molecule has 6 heteroatoms. The van der Waals surface area contributed by atoms with Crippen LogP contribution in [-0.4, -0.2) is 24.7 Å². The Morgan fingerprint density at radius 3 is 2.84 bits per heavy atom. The van der Waals surface area contributed by atoms with Gasteiger partial charge in [0, 0.05) is 17.3 Å². The lowest BCUT2D eigenvalue weighted by Gasteiger charge is -2.34. The van der Waals surface area contributed by atoms with E-state index in [1.807, 2.05) is 6.08 Å². The molecule has 1 aliphatic carbocycles. The van der Waals surface area contributed by atoms with Crippen LogP contribution in [0.1, 0.15) is 19.3 Å². The van der Waals surface area contributed by atoms with Crippen molar-refractivity contribution in [3.63, 3.8) is 0 Å². The second-order valence-electron chi connectivity index (χ2n) is 4.94. The zero-order valence-corrected chi connectivity index (χ0v) is 10.1. The molecule has 2 aliphatic heterocycles. The van der Waals surface area contributed by atoms with Gasteiger partial charge in [-0.1, -0.05) is 6.08 Å². The Balaban J connectivity index is 2.09. The Hall–Kier alpha value is -1.56. The highest BCUT2D eigenvalue weighted by atomic mass is 19.4. The number of hydrogen-bond acceptors (Lipinski definition) is 2. The van der Waals surface area contributed by atoms with Crippen molar-refractivity contribution in [3.8, 4) is 0 Å². The monoisotopic (exact) mass is 270 g/mol. The Labute approximate surface area is 108 Å². The number of halogens is 3. The first-order valence-electron chi connectivity index (χ1n) is 6.20. The quantitative estimate of drug-likeness (QED) is 0.706. The maximum absolute atomic E-state index is 13.0. The first-order chi connectivity index (χ1) is 8.95. The van der Waals surface area contributed by atoms with Crippen LogP contribution in [0.15, 0.2) is 34.6 Å². The van der Waals surface area contributed by atoms with Crippen LogP contribution in [0.2, 0.25) is 0 Å². The van der Waals surface area contributed by atoms with Gasteiger partial charge in [0.25, 0.3) is 0 Å². The lowest BCUT2D eigenvalue weighted by atomic mass is 9.82. The van der Waals surface area contributed by atoms with Gasteiger partial charge in [-0.15, -0.1) is 0 Å². The van der Waals surface area contributed by atoms with Crippen molar-refractivity contribution in [2.75, 3.05) is 6.54 Å². The number of nitrogens with one attached hydrogen (secondary N) is 2. The maximum Gasteiger partial charge on any atom is 0.413 e. The third-order valence-corrected chi connectivity index (χ3v) is 3.68. The second-order valence-corrected chi connectivity index (χ2v) is 4.94. The third kappa shape index (κ3) is 2.20. The van der Waals surface area contributed by atoms with Gasteiger partial charge in [-0.2, -0.15) is 13.2 Å². The fourth-order valence-electron chi connectivity index (χ4n) is 2.80.